The maximum Gasteiger partial charge on any atom is 0.120 e. The Morgan fingerprint density at radius 3 is 2.53 bits per heavy atom. The molecule has 0 saturated heterocycles. The van der Waals surface area contributed by atoms with Crippen molar-refractivity contribution in [3.05, 3.63) is 29.8 Å². The summed E-state index contributed by atoms with van der Waals surface area (Å²) < 4.78 is 6.34. The third kappa shape index (κ3) is 3.50. The molecule has 2 heteroatoms. The molecule has 0 spiro atoms. The lowest BCUT2D eigenvalue weighted by molar-refractivity contribution is -0.0139. The zero-order valence-electron chi connectivity index (χ0n) is 12.8. The van der Waals surface area contributed by atoms with Gasteiger partial charge in [0.1, 0.15) is 11.4 Å². The first-order valence-electron chi connectivity index (χ1n) is 7.39. The van der Waals surface area contributed by atoms with Crippen molar-refractivity contribution in [1.82, 2.24) is 5.32 Å². The van der Waals surface area contributed by atoms with Crippen LogP contribution in [0, 0.1) is 0 Å². The molecule has 2 rings (SSSR count). The minimum absolute atomic E-state index is 0.0829. The van der Waals surface area contributed by atoms with E-state index < -0.39 is 0 Å². The highest BCUT2D eigenvalue weighted by molar-refractivity contribution is 5.33. The molecule has 106 valence electrons. The SMILES string of the molecule is CNCCC1(Oc2cccc(C(C)(C)C)c2)CCC1. The molecule has 0 amide bonds. The molecule has 1 aromatic carbocycles. The van der Waals surface area contributed by atoms with Crippen LogP contribution in [0.25, 0.3) is 0 Å². The lowest BCUT2D eigenvalue weighted by Gasteiger charge is -2.42. The molecule has 2 nitrogen and oxygen atoms in total. The molecule has 1 N–H and O–H groups in total. The first-order chi connectivity index (χ1) is 8.95. The van der Waals surface area contributed by atoms with Crippen molar-refractivity contribution in [1.29, 1.82) is 0 Å². The lowest BCUT2D eigenvalue weighted by atomic mass is 9.77. The van der Waals surface area contributed by atoms with E-state index in [0.29, 0.717) is 0 Å². The molecule has 1 fully saturated rings. The van der Waals surface area contributed by atoms with Gasteiger partial charge in [-0.2, -0.15) is 0 Å². The van der Waals surface area contributed by atoms with E-state index in [-0.39, 0.29) is 11.0 Å². The summed E-state index contributed by atoms with van der Waals surface area (Å²) in [4.78, 5) is 0. The highest BCUT2D eigenvalue weighted by atomic mass is 16.5. The summed E-state index contributed by atoms with van der Waals surface area (Å²) >= 11 is 0. The Balaban J connectivity index is 2.10. The van der Waals surface area contributed by atoms with E-state index in [9.17, 15) is 0 Å². The van der Waals surface area contributed by atoms with Gasteiger partial charge in [-0.1, -0.05) is 32.9 Å². The van der Waals surface area contributed by atoms with Crippen LogP contribution in [0.15, 0.2) is 24.3 Å². The van der Waals surface area contributed by atoms with Gasteiger partial charge in [0.25, 0.3) is 0 Å². The van der Waals surface area contributed by atoms with Gasteiger partial charge in [0.15, 0.2) is 0 Å². The van der Waals surface area contributed by atoms with Gasteiger partial charge in [-0.3, -0.25) is 0 Å². The maximum absolute atomic E-state index is 6.34. The first kappa shape index (κ1) is 14.4. The van der Waals surface area contributed by atoms with Crippen molar-refractivity contribution >= 4 is 0 Å². The van der Waals surface area contributed by atoms with Crippen molar-refractivity contribution in [3.63, 3.8) is 0 Å². The predicted molar refractivity (Wildman–Crippen MR) is 80.9 cm³/mol. The molecule has 0 aromatic heterocycles. The van der Waals surface area contributed by atoms with Gasteiger partial charge < -0.3 is 10.1 Å². The van der Waals surface area contributed by atoms with Crippen molar-refractivity contribution in [2.24, 2.45) is 0 Å². The fraction of sp³-hybridized carbons (Fsp3) is 0.647. The fourth-order valence-corrected chi connectivity index (χ4v) is 2.60. The average molecular weight is 261 g/mol. The van der Waals surface area contributed by atoms with Crippen LogP contribution < -0.4 is 10.1 Å². The summed E-state index contributed by atoms with van der Waals surface area (Å²) in [5, 5.41) is 3.23. The molecule has 1 aliphatic carbocycles. The molecule has 0 atom stereocenters. The molecule has 1 saturated carbocycles. The van der Waals surface area contributed by atoms with Gasteiger partial charge in [0, 0.05) is 0 Å². The third-order valence-corrected chi connectivity index (χ3v) is 4.13. The summed E-state index contributed by atoms with van der Waals surface area (Å²) in [7, 11) is 2.01. The smallest absolute Gasteiger partial charge is 0.120 e. The van der Waals surface area contributed by atoms with Crippen molar-refractivity contribution in [3.8, 4) is 5.75 Å². The fourth-order valence-electron chi connectivity index (χ4n) is 2.60. The number of benzene rings is 1. The Morgan fingerprint density at radius 1 is 1.26 bits per heavy atom. The van der Waals surface area contributed by atoms with E-state index >= 15 is 0 Å². The second kappa shape index (κ2) is 5.54. The zero-order valence-corrected chi connectivity index (χ0v) is 12.8. The summed E-state index contributed by atoms with van der Waals surface area (Å²) in [5.74, 6) is 1.03. The van der Waals surface area contributed by atoms with Crippen LogP contribution in [-0.2, 0) is 5.41 Å². The average Bonchev–Trinajstić information content (AvgIpc) is 2.32. The molecule has 0 heterocycles. The summed E-state index contributed by atoms with van der Waals surface area (Å²) in [6, 6.07) is 8.60. The number of rotatable bonds is 5. The Labute approximate surface area is 117 Å². The Hall–Kier alpha value is -1.02. The van der Waals surface area contributed by atoms with Crippen LogP contribution in [0.1, 0.15) is 52.0 Å². The maximum atomic E-state index is 6.34. The molecule has 0 unspecified atom stereocenters. The van der Waals surface area contributed by atoms with E-state index in [1.807, 2.05) is 7.05 Å². The molecule has 0 radical (unpaired) electrons. The van der Waals surface area contributed by atoms with Gasteiger partial charge in [0.05, 0.1) is 0 Å². The number of nitrogens with one attached hydrogen (secondary N) is 1. The number of hydrogen-bond acceptors (Lipinski definition) is 2. The monoisotopic (exact) mass is 261 g/mol. The van der Waals surface area contributed by atoms with E-state index in [2.05, 4.69) is 50.4 Å². The quantitative estimate of drug-likeness (QED) is 0.868. The molecular weight excluding hydrogens is 234 g/mol. The number of ether oxygens (including phenoxy) is 1. The third-order valence-electron chi connectivity index (χ3n) is 4.13. The van der Waals surface area contributed by atoms with Gasteiger partial charge in [-0.05, 0) is 62.4 Å². The summed E-state index contributed by atoms with van der Waals surface area (Å²) in [5.41, 5.74) is 1.60. The molecule has 0 aliphatic heterocycles. The Morgan fingerprint density at radius 2 is 2.00 bits per heavy atom. The van der Waals surface area contributed by atoms with Crippen molar-refractivity contribution in [2.45, 2.75) is 57.5 Å². The molecule has 1 aromatic rings. The van der Waals surface area contributed by atoms with E-state index in [1.165, 1.54) is 24.8 Å². The van der Waals surface area contributed by atoms with E-state index in [4.69, 9.17) is 4.74 Å². The Kier molecular flexibility index (Phi) is 4.19. The van der Waals surface area contributed by atoms with Crippen LogP contribution >= 0.6 is 0 Å². The second-order valence-electron chi connectivity index (χ2n) is 6.77. The second-order valence-corrected chi connectivity index (χ2v) is 6.77. The zero-order chi connectivity index (χ0) is 13.9. The largest absolute Gasteiger partial charge is 0.487 e. The van der Waals surface area contributed by atoms with Crippen LogP contribution in [-0.4, -0.2) is 19.2 Å². The van der Waals surface area contributed by atoms with Crippen molar-refractivity contribution in [2.75, 3.05) is 13.6 Å². The standard InChI is InChI=1S/C17H27NO/c1-16(2,3)14-7-5-8-15(13-14)19-17(9-6-10-17)11-12-18-4/h5,7-8,13,18H,6,9-12H2,1-4H3. The van der Waals surface area contributed by atoms with E-state index in [1.54, 1.807) is 0 Å². The van der Waals surface area contributed by atoms with Crippen LogP contribution in [0.3, 0.4) is 0 Å². The van der Waals surface area contributed by atoms with Gasteiger partial charge in [-0.25, -0.2) is 0 Å². The number of hydrogen-bond donors (Lipinski definition) is 1. The molecule has 1 aliphatic rings. The van der Waals surface area contributed by atoms with Crippen LogP contribution in [0.2, 0.25) is 0 Å². The molecule has 0 bridgehead atoms. The minimum Gasteiger partial charge on any atom is -0.487 e. The molecule has 19 heavy (non-hydrogen) atoms. The minimum atomic E-state index is 0.0829. The van der Waals surface area contributed by atoms with Gasteiger partial charge in [0.2, 0.25) is 0 Å². The lowest BCUT2D eigenvalue weighted by Crippen LogP contribution is -2.45. The van der Waals surface area contributed by atoms with Gasteiger partial charge >= 0.3 is 0 Å². The van der Waals surface area contributed by atoms with Gasteiger partial charge in [-0.15, -0.1) is 0 Å². The summed E-state index contributed by atoms with van der Waals surface area (Å²) in [6.07, 6.45) is 4.77. The predicted octanol–water partition coefficient (Wildman–Crippen LogP) is 3.90. The highest BCUT2D eigenvalue weighted by Gasteiger charge is 2.38. The van der Waals surface area contributed by atoms with E-state index in [0.717, 1.165) is 18.7 Å². The van der Waals surface area contributed by atoms with Crippen LogP contribution in [0.5, 0.6) is 5.75 Å². The topological polar surface area (TPSA) is 21.3 Å². The Bertz CT molecular complexity index is 416. The first-order valence-corrected chi connectivity index (χ1v) is 7.39. The van der Waals surface area contributed by atoms with Crippen molar-refractivity contribution < 1.29 is 4.74 Å². The highest BCUT2D eigenvalue weighted by Crippen LogP contribution is 2.39. The normalized spacial score (nSPS) is 17.9. The molecular formula is C17H27NO. The summed E-state index contributed by atoms with van der Waals surface area (Å²) in [6.45, 7) is 7.75. The van der Waals surface area contributed by atoms with Crippen LogP contribution in [0.4, 0.5) is 0 Å².